The summed E-state index contributed by atoms with van der Waals surface area (Å²) in [6.45, 7) is 2.48. The van der Waals surface area contributed by atoms with Gasteiger partial charge in [-0.2, -0.15) is 0 Å². The average molecular weight is 466 g/mol. The SMILES string of the molecule is CCOC(=O)c1ncn2c1cc(C(=O)N(C)Cc1ccccc1)c1cc(Br)ccc12. The maximum Gasteiger partial charge on any atom is 0.359 e. The van der Waals surface area contributed by atoms with Gasteiger partial charge in [0.1, 0.15) is 6.33 Å². The molecular weight excluding hydrogens is 446 g/mol. The highest BCUT2D eigenvalue weighted by Crippen LogP contribution is 2.28. The Morgan fingerprint density at radius 1 is 1.10 bits per heavy atom. The molecule has 0 saturated carbocycles. The van der Waals surface area contributed by atoms with Gasteiger partial charge in [-0.15, -0.1) is 0 Å². The number of amides is 1. The highest BCUT2D eigenvalue weighted by atomic mass is 79.9. The number of pyridine rings is 1. The molecular formula is C23H20BrN3O3. The summed E-state index contributed by atoms with van der Waals surface area (Å²) in [5.41, 5.74) is 3.07. The van der Waals surface area contributed by atoms with Crippen molar-refractivity contribution in [3.8, 4) is 0 Å². The molecule has 0 N–H and O–H groups in total. The monoisotopic (exact) mass is 465 g/mol. The topological polar surface area (TPSA) is 63.9 Å². The number of aromatic nitrogens is 2. The van der Waals surface area contributed by atoms with Crippen LogP contribution >= 0.6 is 15.9 Å². The van der Waals surface area contributed by atoms with E-state index in [0.29, 0.717) is 17.6 Å². The van der Waals surface area contributed by atoms with Crippen molar-refractivity contribution in [1.82, 2.24) is 14.3 Å². The van der Waals surface area contributed by atoms with Gasteiger partial charge >= 0.3 is 5.97 Å². The maximum atomic E-state index is 13.4. The summed E-state index contributed by atoms with van der Waals surface area (Å²) in [6, 6.07) is 17.2. The molecule has 0 radical (unpaired) electrons. The normalized spacial score (nSPS) is 11.0. The zero-order valence-corrected chi connectivity index (χ0v) is 18.2. The standard InChI is InChI=1S/C23H20BrN3O3/c1-3-30-23(29)21-20-12-18(22(28)26(2)13-15-7-5-4-6-8-15)17-11-16(24)9-10-19(17)27(20)14-25-21/h4-12,14H,3,13H2,1-2H3. The minimum Gasteiger partial charge on any atom is -0.461 e. The lowest BCUT2D eigenvalue weighted by Crippen LogP contribution is -2.26. The Bertz CT molecular complexity index is 1250. The number of carbonyl (C=O) groups excluding carboxylic acids is 2. The molecule has 4 rings (SSSR count). The van der Waals surface area contributed by atoms with Gasteiger partial charge in [-0.05, 0) is 36.8 Å². The number of ether oxygens (including phenoxy) is 1. The molecule has 1 amide bonds. The molecule has 0 saturated heterocycles. The number of fused-ring (bicyclic) bond motifs is 3. The molecule has 152 valence electrons. The van der Waals surface area contributed by atoms with Crippen molar-refractivity contribution >= 4 is 44.2 Å². The number of rotatable bonds is 5. The van der Waals surface area contributed by atoms with E-state index in [1.54, 1.807) is 31.3 Å². The Kier molecular flexibility index (Phi) is 5.55. The third-order valence-corrected chi connectivity index (χ3v) is 5.40. The molecule has 0 aliphatic carbocycles. The molecule has 4 aromatic rings. The van der Waals surface area contributed by atoms with Gasteiger partial charge in [-0.1, -0.05) is 46.3 Å². The van der Waals surface area contributed by atoms with Crippen LogP contribution in [0.4, 0.5) is 0 Å². The summed E-state index contributed by atoms with van der Waals surface area (Å²) in [5.74, 6) is -0.645. The van der Waals surface area contributed by atoms with E-state index >= 15 is 0 Å². The number of hydrogen-bond acceptors (Lipinski definition) is 4. The largest absolute Gasteiger partial charge is 0.461 e. The molecule has 30 heavy (non-hydrogen) atoms. The number of nitrogens with zero attached hydrogens (tertiary/aromatic N) is 3. The van der Waals surface area contributed by atoms with Gasteiger partial charge in [0, 0.05) is 23.5 Å². The van der Waals surface area contributed by atoms with Crippen molar-refractivity contribution < 1.29 is 14.3 Å². The predicted octanol–water partition coefficient (Wildman–Crippen LogP) is 4.70. The minimum absolute atomic E-state index is 0.138. The number of imidazole rings is 1. The summed E-state index contributed by atoms with van der Waals surface area (Å²) in [6.07, 6.45) is 1.58. The second-order valence-corrected chi connectivity index (χ2v) is 7.85. The van der Waals surface area contributed by atoms with Gasteiger partial charge in [-0.3, -0.25) is 9.20 Å². The van der Waals surface area contributed by atoms with E-state index in [4.69, 9.17) is 4.74 Å². The van der Waals surface area contributed by atoms with E-state index in [1.165, 1.54) is 0 Å². The van der Waals surface area contributed by atoms with Crippen molar-refractivity contribution in [2.45, 2.75) is 13.5 Å². The van der Waals surface area contributed by atoms with Gasteiger partial charge in [0.15, 0.2) is 5.69 Å². The third-order valence-electron chi connectivity index (χ3n) is 4.90. The summed E-state index contributed by atoms with van der Waals surface area (Å²) in [4.78, 5) is 31.7. The average Bonchev–Trinajstić information content (AvgIpc) is 3.17. The molecule has 7 heteroatoms. The Hall–Kier alpha value is -3.19. The molecule has 0 spiro atoms. The first-order valence-electron chi connectivity index (χ1n) is 9.55. The number of hydrogen-bond donors (Lipinski definition) is 0. The maximum absolute atomic E-state index is 13.4. The van der Waals surface area contributed by atoms with Crippen LogP contribution in [-0.4, -0.2) is 39.8 Å². The zero-order chi connectivity index (χ0) is 21.3. The van der Waals surface area contributed by atoms with Crippen LogP contribution < -0.4 is 0 Å². The van der Waals surface area contributed by atoms with Crippen molar-refractivity contribution in [2.24, 2.45) is 0 Å². The number of halogens is 1. The molecule has 2 aromatic heterocycles. The third kappa shape index (κ3) is 3.68. The molecule has 6 nitrogen and oxygen atoms in total. The molecule has 0 aliphatic rings. The van der Waals surface area contributed by atoms with Crippen molar-refractivity contribution in [2.75, 3.05) is 13.7 Å². The second-order valence-electron chi connectivity index (χ2n) is 6.94. The van der Waals surface area contributed by atoms with Crippen molar-refractivity contribution in [3.05, 3.63) is 82.2 Å². The van der Waals surface area contributed by atoms with Crippen LogP contribution in [0.25, 0.3) is 16.4 Å². The van der Waals surface area contributed by atoms with E-state index < -0.39 is 5.97 Å². The van der Waals surface area contributed by atoms with Crippen LogP contribution in [0.3, 0.4) is 0 Å². The Labute approximate surface area is 182 Å². The van der Waals surface area contributed by atoms with E-state index in [-0.39, 0.29) is 18.2 Å². The number of benzene rings is 2. The first-order chi connectivity index (χ1) is 14.5. The van der Waals surface area contributed by atoms with E-state index in [0.717, 1.165) is 20.9 Å². The second kappa shape index (κ2) is 8.28. The summed E-state index contributed by atoms with van der Waals surface area (Å²) < 4.78 is 7.80. The molecule has 2 aromatic carbocycles. The van der Waals surface area contributed by atoms with Crippen LogP contribution in [-0.2, 0) is 11.3 Å². The highest BCUT2D eigenvalue weighted by molar-refractivity contribution is 9.10. The lowest BCUT2D eigenvalue weighted by molar-refractivity contribution is 0.0522. The smallest absolute Gasteiger partial charge is 0.359 e. The lowest BCUT2D eigenvalue weighted by Gasteiger charge is -2.19. The van der Waals surface area contributed by atoms with Gasteiger partial charge in [0.05, 0.1) is 23.2 Å². The zero-order valence-electron chi connectivity index (χ0n) is 16.6. The fourth-order valence-electron chi connectivity index (χ4n) is 3.50. The first kappa shape index (κ1) is 20.1. The number of carbonyl (C=O) groups is 2. The molecule has 0 fully saturated rings. The molecule has 2 heterocycles. The summed E-state index contributed by atoms with van der Waals surface area (Å²) in [5, 5.41) is 0.773. The van der Waals surface area contributed by atoms with E-state index in [9.17, 15) is 9.59 Å². The van der Waals surface area contributed by atoms with Crippen LogP contribution in [0.5, 0.6) is 0 Å². The fourth-order valence-corrected chi connectivity index (χ4v) is 3.87. The van der Waals surface area contributed by atoms with Crippen LogP contribution in [0.1, 0.15) is 33.3 Å². The highest BCUT2D eigenvalue weighted by Gasteiger charge is 2.22. The summed E-state index contributed by atoms with van der Waals surface area (Å²) in [7, 11) is 1.77. The van der Waals surface area contributed by atoms with Gasteiger partial charge in [0.25, 0.3) is 5.91 Å². The minimum atomic E-state index is -0.507. The Balaban J connectivity index is 1.85. The summed E-state index contributed by atoms with van der Waals surface area (Å²) >= 11 is 3.50. The molecule has 0 unspecified atom stereocenters. The van der Waals surface area contributed by atoms with Crippen LogP contribution in [0.15, 0.2) is 65.4 Å². The Morgan fingerprint density at radius 3 is 2.60 bits per heavy atom. The number of esters is 1. The van der Waals surface area contributed by atoms with Gasteiger partial charge in [-0.25, -0.2) is 9.78 Å². The fraction of sp³-hybridized carbons (Fsp3) is 0.174. The van der Waals surface area contributed by atoms with Crippen LogP contribution in [0, 0.1) is 0 Å². The van der Waals surface area contributed by atoms with Crippen LogP contribution in [0.2, 0.25) is 0 Å². The molecule has 0 atom stereocenters. The van der Waals surface area contributed by atoms with Crippen molar-refractivity contribution in [1.29, 1.82) is 0 Å². The van der Waals surface area contributed by atoms with Crippen molar-refractivity contribution in [3.63, 3.8) is 0 Å². The molecule has 0 aliphatic heterocycles. The lowest BCUT2D eigenvalue weighted by atomic mass is 10.1. The van der Waals surface area contributed by atoms with Gasteiger partial charge < -0.3 is 9.64 Å². The van der Waals surface area contributed by atoms with Gasteiger partial charge in [0.2, 0.25) is 0 Å². The quantitative estimate of drug-likeness (QED) is 0.400. The Morgan fingerprint density at radius 2 is 1.87 bits per heavy atom. The predicted molar refractivity (Wildman–Crippen MR) is 119 cm³/mol. The van der Waals surface area contributed by atoms with E-state index in [2.05, 4.69) is 20.9 Å². The van der Waals surface area contributed by atoms with E-state index in [1.807, 2.05) is 52.9 Å². The molecule has 0 bridgehead atoms. The first-order valence-corrected chi connectivity index (χ1v) is 10.3.